The second kappa shape index (κ2) is 3.65. The molecule has 2 rings (SSSR count). The van der Waals surface area contributed by atoms with Gasteiger partial charge in [-0.25, -0.2) is 4.79 Å². The maximum atomic E-state index is 10.8. The summed E-state index contributed by atoms with van der Waals surface area (Å²) in [6.45, 7) is 0. The van der Waals surface area contributed by atoms with E-state index in [1.165, 1.54) is 17.5 Å². The topological polar surface area (TPSA) is 37.3 Å². The summed E-state index contributed by atoms with van der Waals surface area (Å²) in [5.41, 5.74) is 2.77. The van der Waals surface area contributed by atoms with Gasteiger partial charge in [-0.15, -0.1) is 12.6 Å². The van der Waals surface area contributed by atoms with Gasteiger partial charge < -0.3 is 5.11 Å². The van der Waals surface area contributed by atoms with E-state index in [1.54, 1.807) is 12.1 Å². The van der Waals surface area contributed by atoms with Gasteiger partial charge in [0.1, 0.15) is 0 Å². The third-order valence-electron chi connectivity index (χ3n) is 2.69. The number of aryl methyl sites for hydroxylation is 1. The normalized spacial score (nSPS) is 14.9. The van der Waals surface area contributed by atoms with E-state index in [-0.39, 0.29) is 0 Å². The highest BCUT2D eigenvalue weighted by Gasteiger charge is 2.15. The van der Waals surface area contributed by atoms with Crippen LogP contribution < -0.4 is 0 Å². The summed E-state index contributed by atoms with van der Waals surface area (Å²) >= 11 is 4.34. The highest BCUT2D eigenvalue weighted by Crippen LogP contribution is 2.28. The Bertz CT molecular complexity index is 385. The molecule has 1 aliphatic carbocycles. The van der Waals surface area contributed by atoms with Crippen LogP contribution in [-0.2, 0) is 12.8 Å². The van der Waals surface area contributed by atoms with Crippen LogP contribution in [0.5, 0.6) is 0 Å². The molecule has 0 aliphatic heterocycles. The maximum absolute atomic E-state index is 10.8. The Morgan fingerprint density at radius 3 is 2.71 bits per heavy atom. The first-order valence-corrected chi connectivity index (χ1v) is 5.21. The molecule has 0 saturated carbocycles. The smallest absolute Gasteiger partial charge is 0.335 e. The minimum Gasteiger partial charge on any atom is -0.478 e. The molecule has 0 heterocycles. The summed E-state index contributed by atoms with van der Waals surface area (Å²) in [6.07, 6.45) is 4.37. The van der Waals surface area contributed by atoms with E-state index >= 15 is 0 Å². The first-order chi connectivity index (χ1) is 6.68. The van der Waals surface area contributed by atoms with Crippen LogP contribution in [0.15, 0.2) is 17.0 Å². The quantitative estimate of drug-likeness (QED) is 0.696. The highest BCUT2D eigenvalue weighted by molar-refractivity contribution is 7.80. The molecule has 0 spiro atoms. The van der Waals surface area contributed by atoms with Gasteiger partial charge in [0, 0.05) is 4.90 Å². The summed E-state index contributed by atoms with van der Waals surface area (Å²) in [5.74, 6) is -0.867. The Kier molecular flexibility index (Phi) is 2.50. The van der Waals surface area contributed by atoms with Crippen molar-refractivity contribution in [3.63, 3.8) is 0 Å². The maximum Gasteiger partial charge on any atom is 0.335 e. The lowest BCUT2D eigenvalue weighted by Gasteiger charge is -2.17. The van der Waals surface area contributed by atoms with Crippen molar-refractivity contribution in [2.24, 2.45) is 0 Å². The number of thiol groups is 1. The summed E-state index contributed by atoms with van der Waals surface area (Å²) < 4.78 is 0. The van der Waals surface area contributed by atoms with Gasteiger partial charge in [0.05, 0.1) is 5.56 Å². The van der Waals surface area contributed by atoms with Gasteiger partial charge in [-0.2, -0.15) is 0 Å². The number of carboxylic acids is 1. The predicted molar refractivity (Wildman–Crippen MR) is 57.3 cm³/mol. The van der Waals surface area contributed by atoms with Crippen molar-refractivity contribution < 1.29 is 9.90 Å². The number of carbonyl (C=O) groups is 1. The lowest BCUT2D eigenvalue weighted by molar-refractivity contribution is 0.0696. The number of benzene rings is 1. The molecule has 0 aromatic heterocycles. The summed E-state index contributed by atoms with van der Waals surface area (Å²) in [4.78, 5) is 11.6. The number of hydrogen-bond acceptors (Lipinski definition) is 2. The summed E-state index contributed by atoms with van der Waals surface area (Å²) in [6, 6.07) is 3.44. The molecule has 0 fully saturated rings. The molecule has 0 atom stereocenters. The van der Waals surface area contributed by atoms with E-state index in [2.05, 4.69) is 12.6 Å². The summed E-state index contributed by atoms with van der Waals surface area (Å²) in [7, 11) is 0. The fraction of sp³-hybridized carbons (Fsp3) is 0.364. The van der Waals surface area contributed by atoms with Crippen LogP contribution in [0, 0.1) is 0 Å². The molecule has 0 saturated heterocycles. The Morgan fingerprint density at radius 1 is 1.29 bits per heavy atom. The first kappa shape index (κ1) is 9.59. The van der Waals surface area contributed by atoms with Gasteiger partial charge in [0.25, 0.3) is 0 Å². The van der Waals surface area contributed by atoms with Crippen LogP contribution in [0.25, 0.3) is 0 Å². The second-order valence-electron chi connectivity index (χ2n) is 3.65. The fourth-order valence-electron chi connectivity index (χ4n) is 1.97. The lowest BCUT2D eigenvalue weighted by Crippen LogP contribution is -2.07. The van der Waals surface area contributed by atoms with Gasteiger partial charge >= 0.3 is 5.97 Å². The average molecular weight is 208 g/mol. The molecule has 14 heavy (non-hydrogen) atoms. The predicted octanol–water partition coefficient (Wildman–Crippen LogP) is 2.55. The zero-order valence-electron chi connectivity index (χ0n) is 7.79. The van der Waals surface area contributed by atoms with Crippen molar-refractivity contribution in [3.8, 4) is 0 Å². The molecule has 1 N–H and O–H groups in total. The number of aromatic carboxylic acids is 1. The minimum atomic E-state index is -0.867. The van der Waals surface area contributed by atoms with E-state index < -0.39 is 5.97 Å². The standard InChI is InChI=1S/C11H12O2S/c12-11(13)8-5-7-3-1-2-4-9(7)10(14)6-8/h5-6,14H,1-4H2,(H,12,13). The van der Waals surface area contributed by atoms with Crippen molar-refractivity contribution in [2.45, 2.75) is 30.6 Å². The third kappa shape index (κ3) is 1.64. The fourth-order valence-corrected chi connectivity index (χ4v) is 2.36. The van der Waals surface area contributed by atoms with Crippen LogP contribution in [0.2, 0.25) is 0 Å². The Hall–Kier alpha value is -0.960. The Morgan fingerprint density at radius 2 is 2.00 bits per heavy atom. The molecule has 0 unspecified atom stereocenters. The molecule has 0 radical (unpaired) electrons. The largest absolute Gasteiger partial charge is 0.478 e. The van der Waals surface area contributed by atoms with E-state index in [1.807, 2.05) is 0 Å². The van der Waals surface area contributed by atoms with Gasteiger partial charge in [0.2, 0.25) is 0 Å². The van der Waals surface area contributed by atoms with Crippen molar-refractivity contribution in [1.82, 2.24) is 0 Å². The molecule has 0 amide bonds. The van der Waals surface area contributed by atoms with Crippen LogP contribution in [0.3, 0.4) is 0 Å². The average Bonchev–Trinajstić information content (AvgIpc) is 2.17. The molecule has 3 heteroatoms. The Balaban J connectivity index is 2.51. The van der Waals surface area contributed by atoms with Crippen LogP contribution in [0.1, 0.15) is 34.3 Å². The highest BCUT2D eigenvalue weighted by atomic mass is 32.1. The number of fused-ring (bicyclic) bond motifs is 1. The lowest BCUT2D eigenvalue weighted by atomic mass is 9.90. The van der Waals surface area contributed by atoms with Crippen LogP contribution in [-0.4, -0.2) is 11.1 Å². The summed E-state index contributed by atoms with van der Waals surface area (Å²) in [5, 5.41) is 8.88. The van der Waals surface area contributed by atoms with Gasteiger partial charge in [-0.05, 0) is 48.9 Å². The molecule has 1 aliphatic rings. The number of carboxylic acid groups (broad SMARTS) is 1. The van der Waals surface area contributed by atoms with Crippen molar-refractivity contribution in [2.75, 3.05) is 0 Å². The van der Waals surface area contributed by atoms with Crippen molar-refractivity contribution in [1.29, 1.82) is 0 Å². The molecule has 1 aromatic rings. The van der Waals surface area contributed by atoms with Gasteiger partial charge in [-0.1, -0.05) is 0 Å². The molecular formula is C11H12O2S. The monoisotopic (exact) mass is 208 g/mol. The zero-order valence-corrected chi connectivity index (χ0v) is 8.68. The molecule has 0 bridgehead atoms. The molecule has 74 valence electrons. The first-order valence-electron chi connectivity index (χ1n) is 4.76. The van der Waals surface area contributed by atoms with Crippen LogP contribution >= 0.6 is 12.6 Å². The van der Waals surface area contributed by atoms with E-state index in [9.17, 15) is 4.79 Å². The Labute approximate surface area is 88.4 Å². The van der Waals surface area contributed by atoms with Crippen LogP contribution in [0.4, 0.5) is 0 Å². The minimum absolute atomic E-state index is 0.357. The van der Waals surface area contributed by atoms with Gasteiger partial charge in [-0.3, -0.25) is 0 Å². The SMILES string of the molecule is O=C(O)c1cc(S)c2c(c1)CCCC2. The second-order valence-corrected chi connectivity index (χ2v) is 4.13. The van der Waals surface area contributed by atoms with E-state index in [0.29, 0.717) is 5.56 Å². The number of rotatable bonds is 1. The van der Waals surface area contributed by atoms with E-state index in [0.717, 1.165) is 24.2 Å². The van der Waals surface area contributed by atoms with E-state index in [4.69, 9.17) is 5.11 Å². The van der Waals surface area contributed by atoms with Gasteiger partial charge in [0.15, 0.2) is 0 Å². The third-order valence-corrected chi connectivity index (χ3v) is 3.09. The van der Waals surface area contributed by atoms with Crippen molar-refractivity contribution >= 4 is 18.6 Å². The molecule has 2 nitrogen and oxygen atoms in total. The molecule has 1 aromatic carbocycles. The molecular weight excluding hydrogens is 196 g/mol. The number of hydrogen-bond donors (Lipinski definition) is 2. The van der Waals surface area contributed by atoms with Crippen molar-refractivity contribution in [3.05, 3.63) is 28.8 Å². The zero-order chi connectivity index (χ0) is 10.1.